The van der Waals surface area contributed by atoms with Crippen molar-refractivity contribution in [2.45, 2.75) is 20.3 Å². The summed E-state index contributed by atoms with van der Waals surface area (Å²) in [6.45, 7) is 3.35. The molecule has 0 aliphatic carbocycles. The third-order valence-electron chi connectivity index (χ3n) is 4.73. The molecule has 1 aromatic carbocycles. The van der Waals surface area contributed by atoms with Gasteiger partial charge in [0.05, 0.1) is 12.1 Å². The Bertz CT molecular complexity index is 1180. The van der Waals surface area contributed by atoms with Crippen molar-refractivity contribution in [2.24, 2.45) is 13.0 Å². The molecule has 1 amide bonds. The number of ether oxygens (including phenoxy) is 3. The number of nitrogens with zero attached hydrogens (tertiary/aromatic N) is 2. The van der Waals surface area contributed by atoms with Gasteiger partial charge in [-0.15, -0.1) is 0 Å². The monoisotopic (exact) mass is 457 g/mol. The molecule has 0 saturated carbocycles. The summed E-state index contributed by atoms with van der Waals surface area (Å²) in [5, 5.41) is -0.0593. The predicted molar refractivity (Wildman–Crippen MR) is 111 cm³/mol. The number of amides is 1. The average molecular weight is 457 g/mol. The number of methoxy groups -OCH3 is 1. The highest BCUT2D eigenvalue weighted by atomic mass is 32.2. The van der Waals surface area contributed by atoms with Gasteiger partial charge in [-0.25, -0.2) is 13.4 Å². The molecule has 0 unspecified atom stereocenters. The maximum atomic E-state index is 15.7. The summed E-state index contributed by atoms with van der Waals surface area (Å²) in [7, 11) is -1.53. The Hall–Kier alpha value is -2.86. The maximum Gasteiger partial charge on any atom is 0.326 e. The number of carbonyl (C=O) groups excluding carboxylic acids is 1. The Labute approximate surface area is 178 Å². The van der Waals surface area contributed by atoms with E-state index in [1.54, 1.807) is 4.72 Å². The van der Waals surface area contributed by atoms with Gasteiger partial charge in [0.2, 0.25) is 0 Å². The van der Waals surface area contributed by atoms with E-state index in [1.165, 1.54) is 30.9 Å². The smallest absolute Gasteiger partial charge is 0.326 e. The van der Waals surface area contributed by atoms with Crippen LogP contribution in [0.2, 0.25) is 0 Å². The third-order valence-corrected chi connectivity index (χ3v) is 6.11. The molecule has 1 aliphatic heterocycles. The standard InChI is InChI=1S/C19H24FN3O7S/c1-11(2)5-6-29-15-7-12-13(22(3)19(15)25)8-14(30-10-28-4)18(17(12)20)23-9-16(24)21-31(23,26)27/h7-8,11H,5-6,9-10H2,1-4H3,(H,21,24). The lowest BCUT2D eigenvalue weighted by Gasteiger charge is -2.21. The molecule has 12 heteroatoms. The number of halogens is 1. The molecule has 0 atom stereocenters. The number of pyridine rings is 1. The lowest BCUT2D eigenvalue weighted by molar-refractivity contribution is -0.117. The van der Waals surface area contributed by atoms with Gasteiger partial charge in [-0.2, -0.15) is 8.42 Å². The summed E-state index contributed by atoms with van der Waals surface area (Å²) >= 11 is 0. The zero-order valence-electron chi connectivity index (χ0n) is 17.6. The number of anilines is 1. The van der Waals surface area contributed by atoms with Gasteiger partial charge in [-0.1, -0.05) is 13.8 Å². The largest absolute Gasteiger partial charge is 0.488 e. The SMILES string of the molecule is COCOc1cc2c(cc(OCCC(C)C)c(=O)n2C)c(F)c1N1CC(=O)NS1(=O)=O. The van der Waals surface area contributed by atoms with Gasteiger partial charge in [0, 0.05) is 25.6 Å². The van der Waals surface area contributed by atoms with Crippen LogP contribution in [0.1, 0.15) is 20.3 Å². The summed E-state index contributed by atoms with van der Waals surface area (Å²) < 4.78 is 59.7. The van der Waals surface area contributed by atoms with Crippen LogP contribution in [-0.4, -0.2) is 45.9 Å². The molecule has 170 valence electrons. The first kappa shape index (κ1) is 22.8. The lowest BCUT2D eigenvalue weighted by Crippen LogP contribution is -2.31. The topological polar surface area (TPSA) is 116 Å². The van der Waals surface area contributed by atoms with Crippen molar-refractivity contribution in [1.29, 1.82) is 0 Å². The molecular formula is C19H24FN3O7S. The first-order chi connectivity index (χ1) is 14.6. The summed E-state index contributed by atoms with van der Waals surface area (Å²) in [5.74, 6) is -1.71. The van der Waals surface area contributed by atoms with Gasteiger partial charge in [0.25, 0.3) is 11.5 Å². The summed E-state index contributed by atoms with van der Waals surface area (Å²) in [6.07, 6.45) is 0.693. The minimum absolute atomic E-state index is 0.0593. The van der Waals surface area contributed by atoms with E-state index in [2.05, 4.69) is 0 Å². The summed E-state index contributed by atoms with van der Waals surface area (Å²) in [6, 6.07) is 2.55. The number of carbonyl (C=O) groups is 1. The van der Waals surface area contributed by atoms with Crippen molar-refractivity contribution >= 4 is 32.7 Å². The zero-order valence-corrected chi connectivity index (χ0v) is 18.4. The zero-order chi connectivity index (χ0) is 22.9. The number of hydrogen-bond donors (Lipinski definition) is 1. The number of nitrogens with one attached hydrogen (secondary N) is 1. The van der Waals surface area contributed by atoms with Crippen molar-refractivity contribution < 1.29 is 31.8 Å². The van der Waals surface area contributed by atoms with Crippen LogP contribution in [0.4, 0.5) is 10.1 Å². The van der Waals surface area contributed by atoms with E-state index >= 15 is 4.39 Å². The fourth-order valence-electron chi connectivity index (χ4n) is 3.12. The highest BCUT2D eigenvalue weighted by Crippen LogP contribution is 2.39. The number of fused-ring (bicyclic) bond motifs is 1. The Morgan fingerprint density at radius 2 is 1.90 bits per heavy atom. The van der Waals surface area contributed by atoms with E-state index in [9.17, 15) is 18.0 Å². The fraction of sp³-hybridized carbons (Fsp3) is 0.474. The number of aromatic nitrogens is 1. The Morgan fingerprint density at radius 1 is 1.19 bits per heavy atom. The Morgan fingerprint density at radius 3 is 2.48 bits per heavy atom. The quantitative estimate of drug-likeness (QED) is 0.594. The van der Waals surface area contributed by atoms with Gasteiger partial charge < -0.3 is 18.8 Å². The molecule has 1 fully saturated rings. The van der Waals surface area contributed by atoms with E-state index < -0.39 is 39.7 Å². The second-order valence-electron chi connectivity index (χ2n) is 7.46. The lowest BCUT2D eigenvalue weighted by atomic mass is 10.1. The minimum Gasteiger partial charge on any atom is -0.488 e. The van der Waals surface area contributed by atoms with Crippen LogP contribution in [-0.2, 0) is 26.8 Å². The van der Waals surface area contributed by atoms with Crippen LogP contribution >= 0.6 is 0 Å². The number of rotatable bonds is 8. The highest BCUT2D eigenvalue weighted by Gasteiger charge is 2.38. The molecule has 31 heavy (non-hydrogen) atoms. The van der Waals surface area contributed by atoms with Crippen molar-refractivity contribution in [2.75, 3.05) is 31.4 Å². The molecule has 1 saturated heterocycles. The molecule has 2 aromatic rings. The van der Waals surface area contributed by atoms with E-state index in [-0.39, 0.29) is 35.8 Å². The second-order valence-corrected chi connectivity index (χ2v) is 9.06. The first-order valence-electron chi connectivity index (χ1n) is 9.51. The number of benzene rings is 1. The molecule has 3 rings (SSSR count). The molecule has 0 spiro atoms. The molecule has 0 bridgehead atoms. The molecule has 2 heterocycles. The van der Waals surface area contributed by atoms with Gasteiger partial charge in [0.15, 0.2) is 24.1 Å². The highest BCUT2D eigenvalue weighted by molar-refractivity contribution is 7.92. The molecule has 1 N–H and O–H groups in total. The molecule has 0 radical (unpaired) electrons. The molecule has 10 nitrogen and oxygen atoms in total. The van der Waals surface area contributed by atoms with E-state index in [4.69, 9.17) is 14.2 Å². The maximum absolute atomic E-state index is 15.7. The number of hydrogen-bond acceptors (Lipinski definition) is 7. The molecule has 1 aromatic heterocycles. The Balaban J connectivity index is 2.22. The van der Waals surface area contributed by atoms with Gasteiger partial charge in [-0.3, -0.25) is 9.59 Å². The van der Waals surface area contributed by atoms with Gasteiger partial charge in [-0.05, 0) is 18.4 Å². The summed E-state index contributed by atoms with van der Waals surface area (Å²) in [5.41, 5.74) is -0.786. The third kappa shape index (κ3) is 4.44. The van der Waals surface area contributed by atoms with Crippen LogP contribution in [0.15, 0.2) is 16.9 Å². The first-order valence-corrected chi connectivity index (χ1v) is 10.9. The Kier molecular flexibility index (Phi) is 6.41. The molecule has 1 aliphatic rings. The van der Waals surface area contributed by atoms with Crippen molar-refractivity contribution in [3.8, 4) is 11.5 Å². The van der Waals surface area contributed by atoms with Gasteiger partial charge in [0.1, 0.15) is 12.2 Å². The van der Waals surface area contributed by atoms with Crippen LogP contribution in [0, 0.1) is 11.7 Å². The van der Waals surface area contributed by atoms with E-state index in [1.807, 2.05) is 13.8 Å². The summed E-state index contributed by atoms with van der Waals surface area (Å²) in [4.78, 5) is 24.4. The predicted octanol–water partition coefficient (Wildman–Crippen LogP) is 1.27. The number of aryl methyl sites for hydroxylation is 1. The van der Waals surface area contributed by atoms with Crippen LogP contribution in [0.5, 0.6) is 11.5 Å². The van der Waals surface area contributed by atoms with E-state index in [0.717, 1.165) is 0 Å². The molecular weight excluding hydrogens is 433 g/mol. The van der Waals surface area contributed by atoms with Crippen molar-refractivity contribution in [3.63, 3.8) is 0 Å². The normalized spacial score (nSPS) is 15.5. The van der Waals surface area contributed by atoms with Crippen molar-refractivity contribution in [1.82, 2.24) is 9.29 Å². The second kappa shape index (κ2) is 8.71. The fourth-order valence-corrected chi connectivity index (χ4v) is 4.28. The average Bonchev–Trinajstić information content (AvgIpc) is 2.96. The van der Waals surface area contributed by atoms with Crippen LogP contribution in [0.25, 0.3) is 10.9 Å². The van der Waals surface area contributed by atoms with Crippen molar-refractivity contribution in [3.05, 3.63) is 28.3 Å². The van der Waals surface area contributed by atoms with Crippen LogP contribution < -0.4 is 24.1 Å². The van der Waals surface area contributed by atoms with E-state index in [0.29, 0.717) is 16.6 Å². The minimum atomic E-state index is -4.31. The van der Waals surface area contributed by atoms with Crippen LogP contribution in [0.3, 0.4) is 0 Å². The van der Waals surface area contributed by atoms with Gasteiger partial charge >= 0.3 is 10.2 Å².